The molecule has 0 spiro atoms. The maximum atomic E-state index is 11.8. The highest BCUT2D eigenvalue weighted by molar-refractivity contribution is 5.92. The normalized spacial score (nSPS) is 12.4. The van der Waals surface area contributed by atoms with Gasteiger partial charge in [0.2, 0.25) is 0 Å². The molecule has 90 valence electrons. The second-order valence-electron chi connectivity index (χ2n) is 3.94. The van der Waals surface area contributed by atoms with E-state index < -0.39 is 0 Å². The molecule has 1 amide bonds. The van der Waals surface area contributed by atoms with Gasteiger partial charge in [0.25, 0.3) is 5.91 Å². The maximum Gasteiger partial charge on any atom is 0.269 e. The lowest BCUT2D eigenvalue weighted by Crippen LogP contribution is -2.40. The molecule has 0 bridgehead atoms. The number of nitrogens with two attached hydrogens (primary N) is 1. The van der Waals surface area contributed by atoms with Crippen molar-refractivity contribution >= 4 is 5.91 Å². The predicted octanol–water partition coefficient (Wildman–Crippen LogP) is 0.667. The van der Waals surface area contributed by atoms with Crippen LogP contribution in [-0.4, -0.2) is 28.0 Å². The number of hydrogen-bond donors (Lipinski definition) is 2. The van der Waals surface area contributed by atoms with E-state index in [0.29, 0.717) is 12.2 Å². The van der Waals surface area contributed by atoms with Gasteiger partial charge >= 0.3 is 0 Å². The topological polar surface area (TPSA) is 72.9 Å². The fourth-order valence-corrected chi connectivity index (χ4v) is 1.53. The van der Waals surface area contributed by atoms with Crippen molar-refractivity contribution in [3.8, 4) is 0 Å². The molecule has 5 heteroatoms. The summed E-state index contributed by atoms with van der Waals surface area (Å²) in [6.07, 6.45) is 6.28. The van der Waals surface area contributed by atoms with Gasteiger partial charge in [-0.05, 0) is 6.42 Å². The number of aryl methyl sites for hydroxylation is 1. The van der Waals surface area contributed by atoms with Crippen molar-refractivity contribution < 1.29 is 4.79 Å². The third kappa shape index (κ3) is 3.34. The zero-order valence-corrected chi connectivity index (χ0v) is 9.94. The number of unbranched alkanes of at least 4 members (excludes halogenated alkanes) is 1. The number of nitrogens with zero attached hydrogens (tertiary/aromatic N) is 2. The van der Waals surface area contributed by atoms with Gasteiger partial charge in [-0.3, -0.25) is 4.79 Å². The minimum absolute atomic E-state index is 0.0577. The lowest BCUT2D eigenvalue weighted by atomic mass is 10.1. The van der Waals surface area contributed by atoms with Crippen LogP contribution >= 0.6 is 0 Å². The van der Waals surface area contributed by atoms with Crippen molar-refractivity contribution in [2.45, 2.75) is 32.2 Å². The van der Waals surface area contributed by atoms with E-state index in [-0.39, 0.29) is 11.9 Å². The van der Waals surface area contributed by atoms with E-state index in [0.717, 1.165) is 19.3 Å². The fourth-order valence-electron chi connectivity index (χ4n) is 1.53. The highest BCUT2D eigenvalue weighted by atomic mass is 16.2. The molecule has 1 rings (SSSR count). The van der Waals surface area contributed by atoms with Crippen LogP contribution in [-0.2, 0) is 7.05 Å². The lowest BCUT2D eigenvalue weighted by molar-refractivity contribution is 0.0927. The monoisotopic (exact) mass is 224 g/mol. The molecule has 1 aromatic heterocycles. The average molecular weight is 224 g/mol. The number of rotatable bonds is 6. The van der Waals surface area contributed by atoms with Crippen LogP contribution < -0.4 is 11.1 Å². The van der Waals surface area contributed by atoms with Crippen LogP contribution in [0.1, 0.15) is 36.7 Å². The minimum Gasteiger partial charge on any atom is -0.347 e. The molecular weight excluding hydrogens is 204 g/mol. The summed E-state index contributed by atoms with van der Waals surface area (Å²) in [6, 6.07) is 0.0577. The standard InChI is InChI=1S/C11H20N4O/c1-3-4-5-9(6-12)14-11(16)10-7-13-8-15(10)2/h7-9H,3-6,12H2,1-2H3,(H,14,16). The van der Waals surface area contributed by atoms with E-state index in [1.54, 1.807) is 24.1 Å². The van der Waals surface area contributed by atoms with Gasteiger partial charge in [-0.1, -0.05) is 19.8 Å². The van der Waals surface area contributed by atoms with Crippen LogP contribution in [0, 0.1) is 0 Å². The van der Waals surface area contributed by atoms with Gasteiger partial charge in [-0.25, -0.2) is 4.98 Å². The first-order valence-corrected chi connectivity index (χ1v) is 5.66. The molecule has 1 heterocycles. The van der Waals surface area contributed by atoms with E-state index in [1.165, 1.54) is 0 Å². The smallest absolute Gasteiger partial charge is 0.269 e. The average Bonchev–Trinajstić information content (AvgIpc) is 2.70. The van der Waals surface area contributed by atoms with Gasteiger partial charge < -0.3 is 15.6 Å². The number of carbonyl (C=O) groups is 1. The summed E-state index contributed by atoms with van der Waals surface area (Å²) in [5, 5.41) is 2.92. The first-order chi connectivity index (χ1) is 7.69. The molecule has 3 N–H and O–H groups in total. The van der Waals surface area contributed by atoms with Crippen LogP contribution in [0.15, 0.2) is 12.5 Å². The van der Waals surface area contributed by atoms with Gasteiger partial charge in [-0.2, -0.15) is 0 Å². The van der Waals surface area contributed by atoms with Crippen LogP contribution in [0.2, 0.25) is 0 Å². The van der Waals surface area contributed by atoms with Gasteiger partial charge in [0.05, 0.1) is 12.5 Å². The third-order valence-electron chi connectivity index (χ3n) is 2.58. The van der Waals surface area contributed by atoms with Crippen molar-refractivity contribution in [3.05, 3.63) is 18.2 Å². The number of amides is 1. The molecule has 0 radical (unpaired) electrons. The van der Waals surface area contributed by atoms with Gasteiger partial charge in [-0.15, -0.1) is 0 Å². The molecule has 1 atom stereocenters. The molecule has 0 aromatic carbocycles. The second-order valence-corrected chi connectivity index (χ2v) is 3.94. The quantitative estimate of drug-likeness (QED) is 0.746. The van der Waals surface area contributed by atoms with Crippen LogP contribution in [0.4, 0.5) is 0 Å². The molecular formula is C11H20N4O. The Hall–Kier alpha value is -1.36. The lowest BCUT2D eigenvalue weighted by Gasteiger charge is -2.16. The zero-order valence-electron chi connectivity index (χ0n) is 9.94. The number of imidazole rings is 1. The summed E-state index contributed by atoms with van der Waals surface area (Å²) in [4.78, 5) is 15.7. The molecule has 1 aromatic rings. The molecule has 0 aliphatic carbocycles. The number of carbonyl (C=O) groups excluding carboxylic acids is 1. The van der Waals surface area contributed by atoms with Crippen molar-refractivity contribution in [3.63, 3.8) is 0 Å². The minimum atomic E-state index is -0.105. The first-order valence-electron chi connectivity index (χ1n) is 5.66. The van der Waals surface area contributed by atoms with Crippen molar-refractivity contribution in [1.82, 2.24) is 14.9 Å². The fraction of sp³-hybridized carbons (Fsp3) is 0.636. The molecule has 0 fully saturated rings. The van der Waals surface area contributed by atoms with Gasteiger partial charge in [0, 0.05) is 19.6 Å². The Bertz CT molecular complexity index is 334. The number of aromatic nitrogens is 2. The highest BCUT2D eigenvalue weighted by Gasteiger charge is 2.14. The van der Waals surface area contributed by atoms with Gasteiger partial charge in [0.15, 0.2) is 0 Å². The third-order valence-corrected chi connectivity index (χ3v) is 2.58. The summed E-state index contributed by atoms with van der Waals surface area (Å²) < 4.78 is 1.70. The molecule has 0 saturated heterocycles. The van der Waals surface area contributed by atoms with Crippen LogP contribution in [0.5, 0.6) is 0 Å². The summed E-state index contributed by atoms with van der Waals surface area (Å²) in [7, 11) is 1.80. The Morgan fingerprint density at radius 2 is 2.44 bits per heavy atom. The first kappa shape index (κ1) is 12.7. The summed E-state index contributed by atoms with van der Waals surface area (Å²) >= 11 is 0. The van der Waals surface area contributed by atoms with E-state index in [2.05, 4.69) is 17.2 Å². The van der Waals surface area contributed by atoms with Crippen LogP contribution in [0.25, 0.3) is 0 Å². The molecule has 0 saturated carbocycles. The summed E-state index contributed by atoms with van der Waals surface area (Å²) in [6.45, 7) is 2.60. The SMILES string of the molecule is CCCCC(CN)NC(=O)c1cncn1C. The Labute approximate surface area is 96.0 Å². The van der Waals surface area contributed by atoms with Crippen molar-refractivity contribution in [1.29, 1.82) is 0 Å². The number of nitrogens with one attached hydrogen (secondary N) is 1. The van der Waals surface area contributed by atoms with E-state index >= 15 is 0 Å². The molecule has 1 unspecified atom stereocenters. The van der Waals surface area contributed by atoms with Crippen LogP contribution in [0.3, 0.4) is 0 Å². The van der Waals surface area contributed by atoms with Crippen molar-refractivity contribution in [2.75, 3.05) is 6.54 Å². The molecule has 0 aliphatic heterocycles. The molecule has 5 nitrogen and oxygen atoms in total. The van der Waals surface area contributed by atoms with Gasteiger partial charge in [0.1, 0.15) is 5.69 Å². The van der Waals surface area contributed by atoms with E-state index in [9.17, 15) is 4.79 Å². The Balaban J connectivity index is 2.52. The zero-order chi connectivity index (χ0) is 12.0. The summed E-state index contributed by atoms with van der Waals surface area (Å²) in [5.41, 5.74) is 6.18. The molecule has 0 aliphatic rings. The second kappa shape index (κ2) is 6.27. The Kier molecular flexibility index (Phi) is 4.98. The summed E-state index contributed by atoms with van der Waals surface area (Å²) in [5.74, 6) is -0.105. The Morgan fingerprint density at radius 3 is 2.94 bits per heavy atom. The molecule has 16 heavy (non-hydrogen) atoms. The van der Waals surface area contributed by atoms with Crippen molar-refractivity contribution in [2.24, 2.45) is 12.8 Å². The largest absolute Gasteiger partial charge is 0.347 e. The maximum absolute atomic E-state index is 11.8. The van der Waals surface area contributed by atoms with E-state index in [4.69, 9.17) is 5.73 Å². The predicted molar refractivity (Wildman–Crippen MR) is 63.0 cm³/mol. The Morgan fingerprint density at radius 1 is 1.69 bits per heavy atom. The number of hydrogen-bond acceptors (Lipinski definition) is 3. The highest BCUT2D eigenvalue weighted by Crippen LogP contribution is 2.02. The van der Waals surface area contributed by atoms with E-state index in [1.807, 2.05) is 0 Å².